The molecule has 640 valence electrons. The van der Waals surface area contributed by atoms with E-state index in [9.17, 15) is 68.5 Å². The number of hydrogen-bond acceptors (Lipinski definition) is 20. The topological polar surface area (TPSA) is 280 Å². The van der Waals surface area contributed by atoms with Crippen molar-refractivity contribution in [3.63, 3.8) is 0 Å². The predicted molar refractivity (Wildman–Crippen MR) is 452 cm³/mol. The highest BCUT2D eigenvalue weighted by atomic mass is 127. The van der Waals surface area contributed by atoms with E-state index >= 15 is 0 Å². The number of alkyl halides is 5. The standard InChI is InChI=1S/C26H29O3S.C20H32O2.C14H10F5I3O7S.C13H18O5.C12H16O3.H2P/c1-4-26(2,3)25(27)29-20-19-28-21-15-17-24(18-16-21)30(22-11-7-5-8-12-22)23-13-9-6-10-14-23;1-5-19(3,4)18(21)22-20(6-2)11-14-10-15(20)17-13-8-7-12(9-13)16(14)17;15-13(16,17)12(14(18,19)30(25,26)27)29-9(23)2-1-3-28-11(24)7-4-6(20)5-8(21)10(7)22;1-4-13(2,3)12(15)18-9-7-5-6-8(16-7)10(9)17-11(6)14;1-4-12(2,3)11(14)15-10-7-5-9(13)6-8-10;/h5-18H,4,19-20H2,1-3H3;12-17H,5-11H2,1-4H3;4-5,12H,1-3H2,(H,25,26,27);6-10H,4-5H2,1-3H3;5-8,13H,4H2,1-3H3;1H2/q+1;;;;;-1/p-1. The molecule has 3 saturated heterocycles. The van der Waals surface area contributed by atoms with Gasteiger partial charge in [0.2, 0.25) is 0 Å². The molecule has 20 nitrogen and oxygen atoms in total. The maximum atomic E-state index is 13.3. The Bertz CT molecular complexity index is 4270. The number of rotatable bonds is 27. The molecule has 12 rings (SSSR count). The van der Waals surface area contributed by atoms with Crippen molar-refractivity contribution in [3.05, 3.63) is 138 Å². The first kappa shape index (κ1) is 97.6. The molecule has 6 bridgehead atoms. The Kier molecular flexibility index (Phi) is 34.4. The number of phenolic OH excluding ortho intramolecular Hbond substituents is 1. The van der Waals surface area contributed by atoms with Crippen LogP contribution in [0.2, 0.25) is 0 Å². The molecule has 116 heavy (non-hydrogen) atoms. The summed E-state index contributed by atoms with van der Waals surface area (Å²) in [6, 6.07) is 38.7. The molecule has 5 aromatic carbocycles. The van der Waals surface area contributed by atoms with Crippen molar-refractivity contribution in [2.24, 2.45) is 63.1 Å². The number of fused-ring (bicyclic) bond motifs is 10. The Hall–Kier alpha value is -5.52. The van der Waals surface area contributed by atoms with E-state index in [0.29, 0.717) is 34.7 Å². The Labute approximate surface area is 724 Å². The molecule has 31 heteroatoms. The summed E-state index contributed by atoms with van der Waals surface area (Å²) in [7, 11) is -6.93. The highest BCUT2D eigenvalue weighted by Gasteiger charge is 2.69. The Morgan fingerprint density at radius 2 is 1.16 bits per heavy atom. The number of esters is 7. The summed E-state index contributed by atoms with van der Waals surface area (Å²) < 4.78 is 145. The minimum Gasteiger partial charge on any atom is -0.743 e. The van der Waals surface area contributed by atoms with Crippen LogP contribution in [0.3, 0.4) is 0 Å². The third-order valence-electron chi connectivity index (χ3n) is 23.4. The fourth-order valence-corrected chi connectivity index (χ4v) is 20.0. The molecule has 13 atom stereocenters. The van der Waals surface area contributed by atoms with Gasteiger partial charge >= 0.3 is 53.2 Å². The zero-order valence-corrected chi connectivity index (χ0v) is 76.7. The minimum atomic E-state index is -6.76. The SMILES string of the molecule is CCC(C)(C)C(=O)OC1(CC)CC2CC1C1C3CCC(C3)C21.CCC(C)(C)C(=O)OC1C2CC3C(=O)OC1C3O2.CCC(C)(C)C(=O)OCCOc1ccc([S+](c2ccccc2)c2ccccc2)cc1.CCC(C)(C)C(=O)Oc1ccc(O)cc1.O=C(CCCOC(=O)c1cc(I)cc(I)c1I)OC(C(F)(F)F)C(F)(F)S(=O)(=O)[O-].[PH2-]. The maximum absolute atomic E-state index is 13.3. The Morgan fingerprint density at radius 3 is 1.70 bits per heavy atom. The van der Waals surface area contributed by atoms with Crippen LogP contribution < -0.4 is 9.47 Å². The highest BCUT2D eigenvalue weighted by molar-refractivity contribution is 14.1. The molecule has 4 aliphatic carbocycles. The summed E-state index contributed by atoms with van der Waals surface area (Å²) in [6.07, 6.45) is -1.38. The summed E-state index contributed by atoms with van der Waals surface area (Å²) in [6.45, 7) is 25.6. The van der Waals surface area contributed by atoms with E-state index in [0.717, 1.165) is 74.6 Å². The van der Waals surface area contributed by atoms with Gasteiger partial charge in [0.25, 0.3) is 6.10 Å². The lowest BCUT2D eigenvalue weighted by Crippen LogP contribution is -2.52. The molecule has 3 heterocycles. The van der Waals surface area contributed by atoms with E-state index in [4.69, 9.17) is 43.0 Å². The van der Waals surface area contributed by atoms with Crippen LogP contribution in [-0.2, 0) is 82.9 Å². The average molecular weight is 2020 g/mol. The molecular formula is C85H106F5I3O20PS2-. The molecule has 0 spiro atoms. The van der Waals surface area contributed by atoms with E-state index in [1.54, 1.807) is 18.2 Å². The van der Waals surface area contributed by atoms with Gasteiger partial charge in [-0.05, 0) is 315 Å². The van der Waals surface area contributed by atoms with Gasteiger partial charge in [0.1, 0.15) is 42.2 Å². The van der Waals surface area contributed by atoms with Crippen LogP contribution in [0.25, 0.3) is 0 Å². The van der Waals surface area contributed by atoms with Crippen molar-refractivity contribution in [3.8, 4) is 17.2 Å². The van der Waals surface area contributed by atoms with E-state index in [2.05, 4.69) is 79.2 Å². The number of hydrogen-bond donors (Lipinski definition) is 1. The van der Waals surface area contributed by atoms with Gasteiger partial charge in [-0.3, -0.25) is 28.8 Å². The Morgan fingerprint density at radius 1 is 0.629 bits per heavy atom. The molecule has 7 aliphatic rings. The number of phenols is 1. The molecule has 0 aromatic heterocycles. The van der Waals surface area contributed by atoms with Gasteiger partial charge in [0.05, 0.1) is 56.7 Å². The number of carbonyl (C=O) groups is 7. The van der Waals surface area contributed by atoms with Gasteiger partial charge in [0.15, 0.2) is 37.0 Å². The molecule has 13 unspecified atom stereocenters. The second-order valence-corrected chi connectivity index (χ2v) is 39.5. The van der Waals surface area contributed by atoms with Crippen LogP contribution >= 0.6 is 77.7 Å². The first-order valence-corrected chi connectivity index (χ1v) is 44.6. The van der Waals surface area contributed by atoms with Crippen molar-refractivity contribution in [2.45, 2.75) is 236 Å². The average Bonchev–Trinajstić information content (AvgIpc) is 1.53. The van der Waals surface area contributed by atoms with Gasteiger partial charge in [0, 0.05) is 23.0 Å². The van der Waals surface area contributed by atoms with Gasteiger partial charge < -0.3 is 62.2 Å². The van der Waals surface area contributed by atoms with Gasteiger partial charge in [-0.1, -0.05) is 71.0 Å². The summed E-state index contributed by atoms with van der Waals surface area (Å²) in [5, 5.41) is 3.15. The van der Waals surface area contributed by atoms with E-state index in [-0.39, 0.29) is 97.7 Å². The third-order valence-corrected chi connectivity index (χ3v) is 30.1. The molecule has 1 N–H and O–H groups in total. The number of ether oxygens (including phenoxy) is 9. The van der Waals surface area contributed by atoms with Crippen molar-refractivity contribution < 1.29 is 116 Å². The van der Waals surface area contributed by atoms with E-state index in [1.165, 1.54) is 58.6 Å². The fraction of sp³-hybridized carbons (Fsp3) is 0.565. The molecule has 7 fully saturated rings. The molecule has 3 aliphatic heterocycles. The van der Waals surface area contributed by atoms with Crippen molar-refractivity contribution >= 4 is 140 Å². The lowest BCUT2D eigenvalue weighted by molar-refractivity contribution is -0.259. The number of carbonyl (C=O) groups excluding carboxylic acids is 7. The van der Waals surface area contributed by atoms with Crippen LogP contribution in [0.15, 0.2) is 136 Å². The second-order valence-electron chi connectivity index (χ2n) is 32.5. The lowest BCUT2D eigenvalue weighted by atomic mass is 9.65. The van der Waals surface area contributed by atoms with Crippen molar-refractivity contribution in [1.82, 2.24) is 0 Å². The van der Waals surface area contributed by atoms with Crippen molar-refractivity contribution in [2.75, 3.05) is 19.8 Å². The number of halogens is 8. The van der Waals surface area contributed by atoms with Crippen LogP contribution in [0.1, 0.15) is 184 Å². The molecular weight excluding hydrogens is 1910 g/mol. The molecule has 5 aromatic rings. The van der Waals surface area contributed by atoms with Gasteiger partial charge in [-0.25, -0.2) is 13.2 Å². The third kappa shape index (κ3) is 23.8. The van der Waals surface area contributed by atoms with Gasteiger partial charge in [-0.2, -0.15) is 22.0 Å². The highest BCUT2D eigenvalue weighted by Crippen LogP contribution is 2.71. The molecule has 0 amide bonds. The monoisotopic (exact) mass is 2020 g/mol. The number of aromatic hydroxyl groups is 1. The predicted octanol–water partition coefficient (Wildman–Crippen LogP) is 19.1. The number of benzene rings is 5. The quantitative estimate of drug-likeness (QED) is 0.00437. The smallest absolute Gasteiger partial charge is 0.432 e. The van der Waals surface area contributed by atoms with Crippen LogP contribution in [0.5, 0.6) is 17.2 Å². The fourth-order valence-electron chi connectivity index (χ4n) is 15.1. The zero-order chi connectivity index (χ0) is 85.1. The molecule has 0 radical (unpaired) electrons. The van der Waals surface area contributed by atoms with E-state index in [1.807, 2.05) is 168 Å². The van der Waals surface area contributed by atoms with Gasteiger partial charge in [-0.15, -0.1) is 0 Å². The first-order valence-electron chi connectivity index (χ1n) is 38.8. The second kappa shape index (κ2) is 40.9. The summed E-state index contributed by atoms with van der Waals surface area (Å²) >= 11 is 5.87. The van der Waals surface area contributed by atoms with E-state index < -0.39 is 87.5 Å². The van der Waals surface area contributed by atoms with Crippen LogP contribution in [-0.4, -0.2) is 127 Å². The first-order chi connectivity index (χ1) is 53.8. The van der Waals surface area contributed by atoms with Crippen LogP contribution in [0, 0.1) is 73.8 Å². The van der Waals surface area contributed by atoms with Crippen LogP contribution in [0.4, 0.5) is 22.0 Å². The largest absolute Gasteiger partial charge is 0.743 e. The Balaban J connectivity index is 0.000000204. The summed E-state index contributed by atoms with van der Waals surface area (Å²) in [5.74, 6) is 3.13. The normalized spacial score (nSPS) is 23.5. The lowest BCUT2D eigenvalue weighted by Gasteiger charge is -2.46. The summed E-state index contributed by atoms with van der Waals surface area (Å²) in [4.78, 5) is 87.3. The minimum absolute atomic E-state index is 0. The summed E-state index contributed by atoms with van der Waals surface area (Å²) in [5.41, 5.74) is -1.68. The molecule has 4 saturated carbocycles. The zero-order valence-electron chi connectivity index (χ0n) is 67.4. The van der Waals surface area contributed by atoms with Crippen molar-refractivity contribution in [1.29, 1.82) is 0 Å². The maximum Gasteiger partial charge on any atom is 0.432 e.